The maximum atomic E-state index is 8.85. The fourth-order valence-electron chi connectivity index (χ4n) is 2.01. The van der Waals surface area contributed by atoms with Gasteiger partial charge in [-0.05, 0) is 27.2 Å². The Bertz CT molecular complexity index is 233. The minimum absolute atomic E-state index is 0.0471. The van der Waals surface area contributed by atoms with E-state index in [1.165, 1.54) is 25.7 Å². The van der Waals surface area contributed by atoms with Gasteiger partial charge in [-0.25, -0.2) is 0 Å². The third-order valence-corrected chi connectivity index (χ3v) is 2.90. The summed E-state index contributed by atoms with van der Waals surface area (Å²) in [6.45, 7) is 8.05. The molecular formula is C14H28N2O. The molecule has 3 nitrogen and oxygen atoms in total. The van der Waals surface area contributed by atoms with Crippen LogP contribution in [0.25, 0.3) is 0 Å². The largest absolute Gasteiger partial charge is 0.375 e. The second-order valence-electron chi connectivity index (χ2n) is 5.34. The summed E-state index contributed by atoms with van der Waals surface area (Å²) in [5, 5.41) is 8.85. The average Bonchev–Trinajstić information content (AvgIpc) is 2.23. The summed E-state index contributed by atoms with van der Waals surface area (Å²) in [5.41, 5.74) is 5.01. The van der Waals surface area contributed by atoms with Gasteiger partial charge in [0.25, 0.3) is 0 Å². The van der Waals surface area contributed by atoms with Gasteiger partial charge in [0.2, 0.25) is 0 Å². The molecule has 0 bridgehead atoms. The first-order valence-corrected chi connectivity index (χ1v) is 6.77. The van der Waals surface area contributed by atoms with E-state index >= 15 is 0 Å². The molecule has 0 radical (unpaired) electrons. The van der Waals surface area contributed by atoms with E-state index in [0.29, 0.717) is 6.42 Å². The van der Waals surface area contributed by atoms with Crippen LogP contribution < -0.4 is 5.73 Å². The van der Waals surface area contributed by atoms with Crippen LogP contribution in [0.15, 0.2) is 0 Å². The van der Waals surface area contributed by atoms with Gasteiger partial charge in [-0.1, -0.05) is 32.6 Å². The predicted molar refractivity (Wildman–Crippen MR) is 71.6 cm³/mol. The highest BCUT2D eigenvalue weighted by Crippen LogP contribution is 2.15. The van der Waals surface area contributed by atoms with Gasteiger partial charge >= 0.3 is 0 Å². The van der Waals surface area contributed by atoms with Crippen LogP contribution in [0.4, 0.5) is 0 Å². The van der Waals surface area contributed by atoms with Gasteiger partial charge in [0, 0.05) is 6.42 Å². The Morgan fingerprint density at radius 1 is 1.24 bits per heavy atom. The highest BCUT2D eigenvalue weighted by molar-refractivity contribution is 5.01. The normalized spacial score (nSPS) is 18.1. The van der Waals surface area contributed by atoms with Crippen molar-refractivity contribution in [2.45, 2.75) is 84.0 Å². The molecule has 0 aromatic rings. The standard InChI is InChI=1S/C14H28N2O/c1-5-6-7-8-9-12(2)17-13(3)10-14(4,16)11-15/h12-13H,5-10,16H2,1-4H3. The molecule has 100 valence electrons. The van der Waals surface area contributed by atoms with Crippen molar-refractivity contribution in [3.8, 4) is 6.07 Å². The minimum atomic E-state index is -0.776. The molecule has 0 spiro atoms. The molecule has 0 amide bonds. The number of rotatable bonds is 9. The summed E-state index contributed by atoms with van der Waals surface area (Å²) in [4.78, 5) is 0. The number of nitrogens with two attached hydrogens (primary N) is 1. The number of unbranched alkanes of at least 4 members (excludes halogenated alkanes) is 3. The van der Waals surface area contributed by atoms with Gasteiger partial charge in [0.05, 0.1) is 18.3 Å². The van der Waals surface area contributed by atoms with Gasteiger partial charge in [-0.2, -0.15) is 5.26 Å². The van der Waals surface area contributed by atoms with Crippen molar-refractivity contribution in [1.29, 1.82) is 5.26 Å². The molecule has 0 aliphatic carbocycles. The van der Waals surface area contributed by atoms with Gasteiger partial charge in [-0.3, -0.25) is 0 Å². The van der Waals surface area contributed by atoms with Gasteiger partial charge in [0.15, 0.2) is 0 Å². The van der Waals surface area contributed by atoms with Crippen molar-refractivity contribution < 1.29 is 4.74 Å². The van der Waals surface area contributed by atoms with Crippen molar-refractivity contribution in [3.05, 3.63) is 0 Å². The van der Waals surface area contributed by atoms with Crippen molar-refractivity contribution in [1.82, 2.24) is 0 Å². The second-order valence-corrected chi connectivity index (χ2v) is 5.34. The Morgan fingerprint density at radius 2 is 1.88 bits per heavy atom. The Balaban J connectivity index is 3.73. The van der Waals surface area contributed by atoms with Gasteiger partial charge in [-0.15, -0.1) is 0 Å². The lowest BCUT2D eigenvalue weighted by Crippen LogP contribution is -2.38. The average molecular weight is 240 g/mol. The number of nitriles is 1. The van der Waals surface area contributed by atoms with E-state index in [2.05, 4.69) is 19.9 Å². The summed E-state index contributed by atoms with van der Waals surface area (Å²) in [5.74, 6) is 0. The first kappa shape index (κ1) is 16.4. The smallest absolute Gasteiger partial charge is 0.103 e. The Labute approximate surface area is 106 Å². The molecule has 0 saturated heterocycles. The molecule has 3 heteroatoms. The van der Waals surface area contributed by atoms with Crippen LogP contribution in [-0.4, -0.2) is 17.7 Å². The zero-order chi connectivity index (χ0) is 13.3. The Hall–Kier alpha value is -0.590. The Morgan fingerprint density at radius 3 is 2.41 bits per heavy atom. The third kappa shape index (κ3) is 9.14. The number of ether oxygens (including phenoxy) is 1. The monoisotopic (exact) mass is 240 g/mol. The molecule has 0 aromatic carbocycles. The summed E-state index contributed by atoms with van der Waals surface area (Å²) in [6, 6.07) is 2.10. The third-order valence-electron chi connectivity index (χ3n) is 2.90. The van der Waals surface area contributed by atoms with Crippen LogP contribution in [0, 0.1) is 11.3 Å². The SMILES string of the molecule is CCCCCCC(C)OC(C)CC(C)(N)C#N. The molecule has 0 aliphatic rings. The summed E-state index contributed by atoms with van der Waals surface area (Å²) >= 11 is 0. The molecule has 0 rings (SSSR count). The van der Waals surface area contributed by atoms with Crippen LogP contribution >= 0.6 is 0 Å². The Kier molecular flexibility index (Phi) is 8.20. The maximum Gasteiger partial charge on any atom is 0.103 e. The molecule has 3 atom stereocenters. The summed E-state index contributed by atoms with van der Waals surface area (Å²) in [6.07, 6.45) is 7.06. The molecule has 0 aromatic heterocycles. The lowest BCUT2D eigenvalue weighted by Gasteiger charge is -2.24. The van der Waals surface area contributed by atoms with Gasteiger partial charge in [0.1, 0.15) is 5.54 Å². The highest BCUT2D eigenvalue weighted by atomic mass is 16.5. The molecule has 0 heterocycles. The molecule has 3 unspecified atom stereocenters. The number of hydrogen-bond donors (Lipinski definition) is 1. The second kappa shape index (κ2) is 8.49. The first-order valence-electron chi connectivity index (χ1n) is 6.77. The molecule has 2 N–H and O–H groups in total. The number of nitrogens with zero attached hydrogens (tertiary/aromatic N) is 1. The van der Waals surface area contributed by atoms with Crippen LogP contribution in [0.3, 0.4) is 0 Å². The van der Waals surface area contributed by atoms with E-state index < -0.39 is 5.54 Å². The van der Waals surface area contributed by atoms with Crippen LogP contribution in [0.1, 0.15) is 66.2 Å². The van der Waals surface area contributed by atoms with E-state index in [0.717, 1.165) is 6.42 Å². The topological polar surface area (TPSA) is 59.0 Å². The van der Waals surface area contributed by atoms with Crippen LogP contribution in [0.5, 0.6) is 0 Å². The quantitative estimate of drug-likeness (QED) is 0.628. The molecule has 0 aliphatic heterocycles. The van der Waals surface area contributed by atoms with Gasteiger partial charge < -0.3 is 10.5 Å². The van der Waals surface area contributed by atoms with E-state index in [9.17, 15) is 0 Å². The zero-order valence-corrected chi connectivity index (χ0v) is 11.8. The van der Waals surface area contributed by atoms with E-state index in [4.69, 9.17) is 15.7 Å². The highest BCUT2D eigenvalue weighted by Gasteiger charge is 2.22. The van der Waals surface area contributed by atoms with Crippen molar-refractivity contribution in [2.24, 2.45) is 5.73 Å². The van der Waals surface area contributed by atoms with E-state index in [1.54, 1.807) is 6.92 Å². The fourth-order valence-corrected chi connectivity index (χ4v) is 2.01. The number of hydrogen-bond acceptors (Lipinski definition) is 3. The zero-order valence-electron chi connectivity index (χ0n) is 11.8. The molecule has 17 heavy (non-hydrogen) atoms. The van der Waals surface area contributed by atoms with E-state index in [-0.39, 0.29) is 12.2 Å². The maximum absolute atomic E-state index is 8.85. The molecule has 0 saturated carbocycles. The van der Waals surface area contributed by atoms with Crippen molar-refractivity contribution in [3.63, 3.8) is 0 Å². The summed E-state index contributed by atoms with van der Waals surface area (Å²) in [7, 11) is 0. The fraction of sp³-hybridized carbons (Fsp3) is 0.929. The van der Waals surface area contributed by atoms with Crippen molar-refractivity contribution >= 4 is 0 Å². The van der Waals surface area contributed by atoms with Crippen LogP contribution in [-0.2, 0) is 4.74 Å². The lowest BCUT2D eigenvalue weighted by atomic mass is 9.98. The molecular weight excluding hydrogens is 212 g/mol. The van der Waals surface area contributed by atoms with E-state index in [1.807, 2.05) is 6.92 Å². The van der Waals surface area contributed by atoms with Crippen LogP contribution in [0.2, 0.25) is 0 Å². The first-order chi connectivity index (χ1) is 7.91. The molecule has 0 fully saturated rings. The lowest BCUT2D eigenvalue weighted by molar-refractivity contribution is -0.00707. The van der Waals surface area contributed by atoms with Crippen molar-refractivity contribution in [2.75, 3.05) is 0 Å². The minimum Gasteiger partial charge on any atom is -0.375 e. The predicted octanol–water partition coefficient (Wildman–Crippen LogP) is 3.38. The summed E-state index contributed by atoms with van der Waals surface area (Å²) < 4.78 is 5.84.